The van der Waals surface area contributed by atoms with Crippen molar-refractivity contribution in [1.82, 2.24) is 14.7 Å². The Hall–Kier alpha value is -2.83. The van der Waals surface area contributed by atoms with Gasteiger partial charge in [-0.15, -0.1) is 0 Å². The van der Waals surface area contributed by atoms with Crippen LogP contribution in [0.15, 0.2) is 30.6 Å². The molecule has 0 aliphatic carbocycles. The molecule has 26 heavy (non-hydrogen) atoms. The first-order valence-corrected chi connectivity index (χ1v) is 8.80. The van der Waals surface area contributed by atoms with E-state index in [-0.39, 0.29) is 5.91 Å². The lowest BCUT2D eigenvalue weighted by Crippen LogP contribution is -2.52. The van der Waals surface area contributed by atoms with E-state index in [2.05, 4.69) is 5.10 Å². The van der Waals surface area contributed by atoms with E-state index in [0.717, 1.165) is 17.5 Å². The van der Waals surface area contributed by atoms with Crippen LogP contribution in [0.4, 0.5) is 0 Å². The summed E-state index contributed by atoms with van der Waals surface area (Å²) in [4.78, 5) is 26.7. The van der Waals surface area contributed by atoms with Gasteiger partial charge in [0.15, 0.2) is 5.54 Å². The van der Waals surface area contributed by atoms with Gasteiger partial charge in [-0.1, -0.05) is 12.1 Å². The van der Waals surface area contributed by atoms with Crippen LogP contribution in [0.3, 0.4) is 0 Å². The van der Waals surface area contributed by atoms with E-state index in [1.54, 1.807) is 23.4 Å². The molecule has 4 rings (SSSR count). The van der Waals surface area contributed by atoms with Crippen molar-refractivity contribution in [2.24, 2.45) is 0 Å². The molecule has 1 amide bonds. The second-order valence-corrected chi connectivity index (χ2v) is 6.98. The summed E-state index contributed by atoms with van der Waals surface area (Å²) in [6.07, 6.45) is 4.88. The van der Waals surface area contributed by atoms with Crippen LogP contribution in [0.2, 0.25) is 0 Å². The van der Waals surface area contributed by atoms with Gasteiger partial charge in [0.05, 0.1) is 18.4 Å². The number of aliphatic carboxylic acids is 1. The summed E-state index contributed by atoms with van der Waals surface area (Å²) in [5.41, 5.74) is 1.44. The maximum absolute atomic E-state index is 13.0. The predicted octanol–water partition coefficient (Wildman–Crippen LogP) is 1.84. The number of aromatic nitrogens is 2. The molecule has 0 spiro atoms. The lowest BCUT2D eigenvalue weighted by atomic mass is 9.87. The van der Waals surface area contributed by atoms with Crippen molar-refractivity contribution in [3.8, 4) is 5.75 Å². The fraction of sp³-hybridized carbons (Fsp3) is 0.421. The number of aryl methyl sites for hydroxylation is 1. The number of carboxylic acid groups (broad SMARTS) is 1. The highest BCUT2D eigenvalue weighted by Crippen LogP contribution is 2.34. The Bertz CT molecular complexity index is 865. The van der Waals surface area contributed by atoms with Gasteiger partial charge in [-0.25, -0.2) is 4.79 Å². The van der Waals surface area contributed by atoms with E-state index in [9.17, 15) is 14.7 Å². The Kier molecular flexibility index (Phi) is 3.94. The minimum absolute atomic E-state index is 0.0978. The van der Waals surface area contributed by atoms with Gasteiger partial charge in [-0.05, 0) is 24.1 Å². The van der Waals surface area contributed by atoms with E-state index < -0.39 is 11.5 Å². The highest BCUT2D eigenvalue weighted by atomic mass is 16.5. The van der Waals surface area contributed by atoms with Crippen molar-refractivity contribution in [2.45, 2.75) is 31.7 Å². The third-order valence-corrected chi connectivity index (χ3v) is 5.37. The molecule has 0 radical (unpaired) electrons. The fourth-order valence-electron chi connectivity index (χ4n) is 3.82. The molecular formula is C19H21N3O4. The summed E-state index contributed by atoms with van der Waals surface area (Å²) in [5.74, 6) is -0.328. The van der Waals surface area contributed by atoms with Crippen LogP contribution in [0, 0.1) is 6.92 Å². The largest absolute Gasteiger partial charge is 0.492 e. The average molecular weight is 355 g/mol. The van der Waals surface area contributed by atoms with Gasteiger partial charge in [-0.2, -0.15) is 5.10 Å². The smallest absolute Gasteiger partial charge is 0.331 e. The maximum Gasteiger partial charge on any atom is 0.331 e. The minimum Gasteiger partial charge on any atom is -0.492 e. The third kappa shape index (κ3) is 2.55. The van der Waals surface area contributed by atoms with Gasteiger partial charge in [0.1, 0.15) is 5.75 Å². The van der Waals surface area contributed by atoms with Gasteiger partial charge in [0.2, 0.25) is 0 Å². The third-order valence-electron chi connectivity index (χ3n) is 5.37. The molecule has 1 fully saturated rings. The highest BCUT2D eigenvalue weighted by Gasteiger charge is 2.45. The number of hydrogen-bond acceptors (Lipinski definition) is 4. The number of benzene rings is 1. The Balaban J connectivity index is 1.55. The summed E-state index contributed by atoms with van der Waals surface area (Å²) >= 11 is 0. The SMILES string of the molecule is Cc1cnn(C2(C(=O)O)CCN(C(=O)c3cccc4c3OCC4)CC2)c1. The van der Waals surface area contributed by atoms with Crippen LogP contribution in [-0.2, 0) is 16.8 Å². The van der Waals surface area contributed by atoms with Crippen molar-refractivity contribution in [3.05, 3.63) is 47.3 Å². The zero-order valence-electron chi connectivity index (χ0n) is 14.6. The Morgan fingerprint density at radius 2 is 2.04 bits per heavy atom. The molecular weight excluding hydrogens is 334 g/mol. The maximum atomic E-state index is 13.0. The van der Waals surface area contributed by atoms with Crippen molar-refractivity contribution < 1.29 is 19.4 Å². The first-order chi connectivity index (χ1) is 12.5. The van der Waals surface area contributed by atoms with Crippen LogP contribution >= 0.6 is 0 Å². The zero-order valence-corrected chi connectivity index (χ0v) is 14.6. The van der Waals surface area contributed by atoms with Crippen LogP contribution in [0.1, 0.15) is 34.3 Å². The number of piperidine rings is 1. The zero-order chi connectivity index (χ0) is 18.3. The summed E-state index contributed by atoms with van der Waals surface area (Å²) in [6, 6.07) is 5.63. The van der Waals surface area contributed by atoms with Crippen LogP contribution in [0.5, 0.6) is 5.75 Å². The number of rotatable bonds is 3. The molecule has 3 heterocycles. The molecule has 0 saturated carbocycles. The Morgan fingerprint density at radius 3 is 2.69 bits per heavy atom. The van der Waals surface area contributed by atoms with Gasteiger partial charge in [-0.3, -0.25) is 9.48 Å². The van der Waals surface area contributed by atoms with Gasteiger partial charge >= 0.3 is 5.97 Å². The average Bonchev–Trinajstić information content (AvgIpc) is 3.29. The van der Waals surface area contributed by atoms with Gasteiger partial charge in [0.25, 0.3) is 5.91 Å². The molecule has 2 aliphatic heterocycles. The number of ether oxygens (including phenoxy) is 1. The standard InChI is InChI=1S/C19H21N3O4/c1-13-11-20-22(12-13)19(18(24)25)6-8-21(9-7-19)17(23)15-4-2-3-14-5-10-26-16(14)15/h2-4,11-12H,5-10H2,1H3,(H,24,25). The van der Waals surface area contributed by atoms with E-state index in [1.165, 1.54) is 4.68 Å². The van der Waals surface area contributed by atoms with Crippen LogP contribution in [0.25, 0.3) is 0 Å². The van der Waals surface area contributed by atoms with Crippen molar-refractivity contribution >= 4 is 11.9 Å². The molecule has 0 bridgehead atoms. The van der Waals surface area contributed by atoms with E-state index >= 15 is 0 Å². The number of carbonyl (C=O) groups excluding carboxylic acids is 1. The number of likely N-dealkylation sites (tertiary alicyclic amines) is 1. The van der Waals surface area contributed by atoms with Crippen LogP contribution < -0.4 is 4.74 Å². The number of fused-ring (bicyclic) bond motifs is 1. The second kappa shape index (κ2) is 6.16. The predicted molar refractivity (Wildman–Crippen MR) is 93.4 cm³/mol. The number of amides is 1. The molecule has 1 N–H and O–H groups in total. The molecule has 0 unspecified atom stereocenters. The molecule has 2 aliphatic rings. The lowest BCUT2D eigenvalue weighted by Gasteiger charge is -2.39. The summed E-state index contributed by atoms with van der Waals surface area (Å²) < 4.78 is 7.17. The topological polar surface area (TPSA) is 84.7 Å². The molecule has 136 valence electrons. The number of hydrogen-bond donors (Lipinski definition) is 1. The second-order valence-electron chi connectivity index (χ2n) is 6.98. The fourth-order valence-corrected chi connectivity index (χ4v) is 3.82. The number of para-hydroxylation sites is 1. The molecule has 7 nitrogen and oxygen atoms in total. The summed E-state index contributed by atoms with van der Waals surface area (Å²) in [5, 5.41) is 14.1. The van der Waals surface area contributed by atoms with Crippen LogP contribution in [-0.4, -0.2) is 51.4 Å². The molecule has 1 aromatic heterocycles. The molecule has 1 saturated heterocycles. The number of carbonyl (C=O) groups is 2. The number of nitrogens with zero attached hydrogens (tertiary/aromatic N) is 3. The lowest BCUT2D eigenvalue weighted by molar-refractivity contribution is -0.150. The van der Waals surface area contributed by atoms with E-state index in [1.807, 2.05) is 19.1 Å². The van der Waals surface area contributed by atoms with E-state index in [4.69, 9.17) is 4.74 Å². The first-order valence-electron chi connectivity index (χ1n) is 8.80. The normalized spacial score (nSPS) is 18.3. The van der Waals surface area contributed by atoms with Gasteiger partial charge in [0, 0.05) is 38.5 Å². The van der Waals surface area contributed by atoms with Gasteiger partial charge < -0.3 is 14.7 Å². The van der Waals surface area contributed by atoms with E-state index in [0.29, 0.717) is 43.9 Å². The number of carboxylic acids is 1. The van der Waals surface area contributed by atoms with Crippen molar-refractivity contribution in [1.29, 1.82) is 0 Å². The first kappa shape index (κ1) is 16.6. The Labute approximate surface area is 151 Å². The van der Waals surface area contributed by atoms with Crippen molar-refractivity contribution in [3.63, 3.8) is 0 Å². The Morgan fingerprint density at radius 1 is 1.27 bits per heavy atom. The molecule has 1 aromatic carbocycles. The molecule has 0 atom stereocenters. The minimum atomic E-state index is -1.10. The quantitative estimate of drug-likeness (QED) is 0.908. The monoisotopic (exact) mass is 355 g/mol. The summed E-state index contributed by atoms with van der Waals surface area (Å²) in [7, 11) is 0. The molecule has 7 heteroatoms. The van der Waals surface area contributed by atoms with Crippen molar-refractivity contribution in [2.75, 3.05) is 19.7 Å². The summed E-state index contributed by atoms with van der Waals surface area (Å²) in [6.45, 7) is 3.22. The molecule has 2 aromatic rings. The highest BCUT2D eigenvalue weighted by molar-refractivity contribution is 5.97.